The molecule has 72 valence electrons. The van der Waals surface area contributed by atoms with Crippen LogP contribution >= 0.6 is 0 Å². The fraction of sp³-hybridized carbons (Fsp3) is 0.556. The van der Waals surface area contributed by atoms with Gasteiger partial charge in [-0.25, -0.2) is 4.79 Å². The molecule has 1 heterocycles. The van der Waals surface area contributed by atoms with Crippen LogP contribution in [0.4, 0.5) is 0 Å². The number of hydrogen-bond donors (Lipinski definition) is 0. The van der Waals surface area contributed by atoms with Gasteiger partial charge in [0.05, 0.1) is 0 Å². The van der Waals surface area contributed by atoms with E-state index in [0.717, 1.165) is 0 Å². The van der Waals surface area contributed by atoms with Crippen LogP contribution in [0.25, 0.3) is 0 Å². The Hall–Kier alpha value is -1.32. The smallest absolute Gasteiger partial charge is 0.303 e. The molecule has 13 heavy (non-hydrogen) atoms. The van der Waals surface area contributed by atoms with Crippen molar-refractivity contribution in [1.29, 1.82) is 0 Å². The lowest BCUT2D eigenvalue weighted by Crippen LogP contribution is -2.46. The van der Waals surface area contributed by atoms with Gasteiger partial charge in [0.15, 0.2) is 0 Å². The highest BCUT2D eigenvalue weighted by molar-refractivity contribution is 4.90. The Morgan fingerprint density at radius 1 is 1.23 bits per heavy atom. The first-order chi connectivity index (χ1) is 5.84. The van der Waals surface area contributed by atoms with Gasteiger partial charge in [0, 0.05) is 24.8 Å². The molecular weight excluding hydrogens is 168 g/mol. The van der Waals surface area contributed by atoms with Crippen molar-refractivity contribution in [2.75, 3.05) is 0 Å². The Morgan fingerprint density at radius 2 is 1.77 bits per heavy atom. The summed E-state index contributed by atoms with van der Waals surface area (Å²) in [4.78, 5) is 23.0. The quantitative estimate of drug-likeness (QED) is 0.579. The standard InChI is InChI=1S/C9H14N2O2/c1-9(2,3)11-7(12)5-6-10(4)8(11)13/h5-6H,1-4H3. The molecule has 0 N–H and O–H groups in total. The summed E-state index contributed by atoms with van der Waals surface area (Å²) in [5, 5.41) is 0. The molecule has 0 aliphatic heterocycles. The molecule has 0 amide bonds. The second-order valence-corrected chi connectivity index (χ2v) is 4.05. The fourth-order valence-corrected chi connectivity index (χ4v) is 1.18. The van der Waals surface area contributed by atoms with E-state index in [4.69, 9.17) is 0 Å². The largest absolute Gasteiger partial charge is 0.331 e. The van der Waals surface area contributed by atoms with Crippen molar-refractivity contribution in [3.63, 3.8) is 0 Å². The highest BCUT2D eigenvalue weighted by atomic mass is 16.2. The first-order valence-electron chi connectivity index (χ1n) is 4.13. The lowest BCUT2D eigenvalue weighted by Gasteiger charge is -2.21. The minimum Gasteiger partial charge on any atom is -0.303 e. The van der Waals surface area contributed by atoms with Crippen molar-refractivity contribution in [3.05, 3.63) is 33.1 Å². The highest BCUT2D eigenvalue weighted by Crippen LogP contribution is 2.06. The third-order valence-corrected chi connectivity index (χ3v) is 1.82. The zero-order chi connectivity index (χ0) is 10.2. The predicted molar refractivity (Wildman–Crippen MR) is 50.9 cm³/mol. The van der Waals surface area contributed by atoms with Crippen LogP contribution in [-0.2, 0) is 12.6 Å². The SMILES string of the molecule is Cn1ccc(=O)n(C(C)(C)C)c1=O. The van der Waals surface area contributed by atoms with E-state index < -0.39 is 5.54 Å². The molecule has 1 rings (SSSR count). The molecule has 0 bridgehead atoms. The summed E-state index contributed by atoms with van der Waals surface area (Å²) in [6.07, 6.45) is 1.48. The average Bonchev–Trinajstić information content (AvgIpc) is 1.95. The molecule has 0 saturated heterocycles. The minimum atomic E-state index is -0.465. The van der Waals surface area contributed by atoms with Crippen molar-refractivity contribution in [3.8, 4) is 0 Å². The minimum absolute atomic E-state index is 0.254. The van der Waals surface area contributed by atoms with Gasteiger partial charge in [-0.3, -0.25) is 9.36 Å². The number of nitrogens with zero attached hydrogens (tertiary/aromatic N) is 2. The zero-order valence-corrected chi connectivity index (χ0v) is 8.37. The van der Waals surface area contributed by atoms with Gasteiger partial charge in [0.25, 0.3) is 5.56 Å². The first kappa shape index (κ1) is 9.77. The summed E-state index contributed by atoms with van der Waals surface area (Å²) in [5.41, 5.74) is -0.997. The van der Waals surface area contributed by atoms with E-state index in [2.05, 4.69) is 0 Å². The van der Waals surface area contributed by atoms with E-state index in [9.17, 15) is 9.59 Å². The van der Waals surface area contributed by atoms with Crippen LogP contribution in [0.15, 0.2) is 21.9 Å². The molecule has 0 aromatic carbocycles. The monoisotopic (exact) mass is 182 g/mol. The van der Waals surface area contributed by atoms with E-state index in [1.807, 2.05) is 20.8 Å². The molecule has 0 atom stereocenters. The van der Waals surface area contributed by atoms with Crippen molar-refractivity contribution < 1.29 is 0 Å². The Morgan fingerprint density at radius 3 is 2.15 bits per heavy atom. The molecule has 4 heteroatoms. The van der Waals surface area contributed by atoms with E-state index in [-0.39, 0.29) is 11.2 Å². The molecule has 0 fully saturated rings. The van der Waals surface area contributed by atoms with Crippen LogP contribution < -0.4 is 11.2 Å². The van der Waals surface area contributed by atoms with Gasteiger partial charge in [0.2, 0.25) is 0 Å². The maximum atomic E-state index is 11.6. The van der Waals surface area contributed by atoms with Crippen LogP contribution in [0, 0.1) is 0 Å². The van der Waals surface area contributed by atoms with Crippen molar-refractivity contribution in [1.82, 2.24) is 9.13 Å². The lowest BCUT2D eigenvalue weighted by molar-refractivity contribution is 0.358. The summed E-state index contributed by atoms with van der Waals surface area (Å²) in [7, 11) is 1.63. The number of hydrogen-bond acceptors (Lipinski definition) is 2. The Bertz CT molecular complexity index is 420. The van der Waals surface area contributed by atoms with Crippen molar-refractivity contribution in [2.45, 2.75) is 26.3 Å². The Labute approximate surface area is 76.4 Å². The summed E-state index contributed by atoms with van der Waals surface area (Å²) in [6.45, 7) is 5.49. The molecular formula is C9H14N2O2. The topological polar surface area (TPSA) is 44.0 Å². The summed E-state index contributed by atoms with van der Waals surface area (Å²) in [6, 6.07) is 1.40. The van der Waals surface area contributed by atoms with Gasteiger partial charge in [0.1, 0.15) is 0 Å². The summed E-state index contributed by atoms with van der Waals surface area (Å²) in [5.74, 6) is 0. The van der Waals surface area contributed by atoms with Gasteiger partial charge in [-0.2, -0.15) is 0 Å². The summed E-state index contributed by atoms with van der Waals surface area (Å²) < 4.78 is 2.64. The van der Waals surface area contributed by atoms with Crippen LogP contribution in [-0.4, -0.2) is 9.13 Å². The molecule has 1 aromatic heterocycles. The van der Waals surface area contributed by atoms with E-state index in [0.29, 0.717) is 0 Å². The van der Waals surface area contributed by atoms with Gasteiger partial charge in [-0.1, -0.05) is 0 Å². The molecule has 4 nitrogen and oxygen atoms in total. The molecule has 1 aromatic rings. The van der Waals surface area contributed by atoms with Crippen LogP contribution in [0.1, 0.15) is 20.8 Å². The van der Waals surface area contributed by atoms with Gasteiger partial charge < -0.3 is 4.57 Å². The fourth-order valence-electron chi connectivity index (χ4n) is 1.18. The van der Waals surface area contributed by atoms with Gasteiger partial charge >= 0.3 is 5.69 Å². The highest BCUT2D eigenvalue weighted by Gasteiger charge is 2.17. The van der Waals surface area contributed by atoms with E-state index >= 15 is 0 Å². The Kier molecular flexibility index (Phi) is 2.15. The molecule has 0 saturated carbocycles. The van der Waals surface area contributed by atoms with Gasteiger partial charge in [-0.05, 0) is 20.8 Å². The Balaban J connectivity index is 3.63. The average molecular weight is 182 g/mol. The maximum absolute atomic E-state index is 11.6. The maximum Gasteiger partial charge on any atom is 0.331 e. The summed E-state index contributed by atoms with van der Waals surface area (Å²) >= 11 is 0. The second kappa shape index (κ2) is 2.87. The van der Waals surface area contributed by atoms with E-state index in [1.54, 1.807) is 7.05 Å². The third-order valence-electron chi connectivity index (χ3n) is 1.82. The lowest BCUT2D eigenvalue weighted by atomic mass is 10.1. The number of rotatable bonds is 0. The number of aryl methyl sites for hydroxylation is 1. The molecule has 0 aliphatic rings. The van der Waals surface area contributed by atoms with Crippen molar-refractivity contribution in [2.24, 2.45) is 7.05 Å². The predicted octanol–water partition coefficient (Wildman–Crippen LogP) is 0.302. The normalized spacial score (nSPS) is 11.7. The van der Waals surface area contributed by atoms with Crippen LogP contribution in [0.5, 0.6) is 0 Å². The molecule has 0 unspecified atom stereocenters. The molecule has 0 aliphatic carbocycles. The van der Waals surface area contributed by atoms with E-state index in [1.165, 1.54) is 21.4 Å². The van der Waals surface area contributed by atoms with Gasteiger partial charge in [-0.15, -0.1) is 0 Å². The van der Waals surface area contributed by atoms with Crippen LogP contribution in [0.2, 0.25) is 0 Å². The molecule has 0 radical (unpaired) electrons. The van der Waals surface area contributed by atoms with Crippen molar-refractivity contribution >= 4 is 0 Å². The van der Waals surface area contributed by atoms with Crippen LogP contribution in [0.3, 0.4) is 0 Å². The second-order valence-electron chi connectivity index (χ2n) is 4.05. The zero-order valence-electron chi connectivity index (χ0n) is 8.37. The number of aromatic nitrogens is 2. The third kappa shape index (κ3) is 1.71. The first-order valence-corrected chi connectivity index (χ1v) is 4.13. The molecule has 0 spiro atoms.